The lowest BCUT2D eigenvalue weighted by molar-refractivity contribution is -0.139. The Morgan fingerprint density at radius 3 is 2.93 bits per heavy atom. The minimum Gasteiger partial charge on any atom is -0.482 e. The number of hydrogen-bond acceptors (Lipinski definition) is 7. The lowest BCUT2D eigenvalue weighted by atomic mass is 9.80. The summed E-state index contributed by atoms with van der Waals surface area (Å²) in [5.41, 5.74) is 2.15. The van der Waals surface area contributed by atoms with E-state index >= 15 is 0 Å². The van der Waals surface area contributed by atoms with E-state index in [4.69, 9.17) is 9.84 Å². The van der Waals surface area contributed by atoms with Crippen molar-refractivity contribution in [2.24, 2.45) is 0 Å². The van der Waals surface area contributed by atoms with Crippen LogP contribution < -0.4 is 10.1 Å². The molecule has 2 aliphatic rings. The molecule has 3 aromatic rings. The second-order valence-corrected chi connectivity index (χ2v) is 8.19. The molecule has 30 heavy (non-hydrogen) atoms. The molecule has 0 unspecified atom stereocenters. The Balaban J connectivity index is 1.60. The molecule has 5 rings (SSSR count). The van der Waals surface area contributed by atoms with E-state index < -0.39 is 18.6 Å². The monoisotopic (exact) mass is 422 g/mol. The van der Waals surface area contributed by atoms with Gasteiger partial charge in [0.2, 0.25) is 5.95 Å². The first kappa shape index (κ1) is 18.6. The Kier molecular flexibility index (Phi) is 4.59. The average molecular weight is 422 g/mol. The number of thiophene rings is 1. The number of hydrogen-bond donors (Lipinski definition) is 2. The zero-order chi connectivity index (χ0) is 20.7. The van der Waals surface area contributed by atoms with E-state index in [-0.39, 0.29) is 11.7 Å². The number of rotatable bonds is 5. The number of anilines is 1. The van der Waals surface area contributed by atoms with E-state index in [9.17, 15) is 9.59 Å². The Morgan fingerprint density at radius 2 is 2.13 bits per heavy atom. The topological polar surface area (TPSA) is 106 Å². The van der Waals surface area contributed by atoms with E-state index in [0.29, 0.717) is 35.7 Å². The Labute approximate surface area is 175 Å². The zero-order valence-electron chi connectivity index (χ0n) is 15.8. The fourth-order valence-electron chi connectivity index (χ4n) is 4.14. The van der Waals surface area contributed by atoms with Crippen LogP contribution in [0.2, 0.25) is 0 Å². The highest BCUT2D eigenvalue weighted by molar-refractivity contribution is 7.10. The van der Waals surface area contributed by atoms with Gasteiger partial charge in [-0.15, -0.1) is 11.3 Å². The minimum atomic E-state index is -1.07. The van der Waals surface area contributed by atoms with Crippen molar-refractivity contribution in [2.45, 2.75) is 24.8 Å². The van der Waals surface area contributed by atoms with Gasteiger partial charge in [0.1, 0.15) is 18.1 Å². The molecule has 2 aromatic heterocycles. The largest absolute Gasteiger partial charge is 0.482 e. The molecule has 3 heterocycles. The number of carbonyl (C=O) groups is 2. The zero-order valence-corrected chi connectivity index (χ0v) is 16.6. The van der Waals surface area contributed by atoms with Crippen LogP contribution in [0.15, 0.2) is 59.4 Å². The highest BCUT2D eigenvalue weighted by Gasteiger charge is 2.40. The number of aliphatic carboxylic acids is 1. The molecule has 0 fully saturated rings. The first-order valence-corrected chi connectivity index (χ1v) is 10.4. The van der Waals surface area contributed by atoms with Gasteiger partial charge in [-0.1, -0.05) is 24.3 Å². The molecule has 9 heteroatoms. The first-order valence-electron chi connectivity index (χ1n) is 9.51. The number of benzene rings is 1. The molecule has 8 nitrogen and oxygen atoms in total. The molecule has 0 radical (unpaired) electrons. The third-order valence-corrected chi connectivity index (χ3v) is 6.41. The molecule has 1 aromatic carbocycles. The van der Waals surface area contributed by atoms with Gasteiger partial charge in [0, 0.05) is 34.0 Å². The van der Waals surface area contributed by atoms with Crippen molar-refractivity contribution in [1.29, 1.82) is 0 Å². The van der Waals surface area contributed by atoms with Crippen LogP contribution in [0.4, 0.5) is 5.95 Å². The van der Waals surface area contributed by atoms with Crippen LogP contribution in [0.3, 0.4) is 0 Å². The number of Topliss-reactive ketones (excluding diaryl/α,β-unsaturated/α-hetero) is 1. The van der Waals surface area contributed by atoms with Crippen molar-refractivity contribution in [1.82, 2.24) is 14.8 Å². The summed E-state index contributed by atoms with van der Waals surface area (Å²) in [4.78, 5) is 29.8. The minimum absolute atomic E-state index is 0.0429. The smallest absolute Gasteiger partial charge is 0.341 e. The predicted molar refractivity (Wildman–Crippen MR) is 110 cm³/mol. The number of carboxylic acids is 1. The van der Waals surface area contributed by atoms with Gasteiger partial charge in [0.15, 0.2) is 12.4 Å². The molecule has 0 spiro atoms. The Hall–Kier alpha value is -3.46. The second kappa shape index (κ2) is 7.42. The van der Waals surface area contributed by atoms with Crippen LogP contribution in [-0.4, -0.2) is 38.2 Å². The van der Waals surface area contributed by atoms with Crippen molar-refractivity contribution in [3.05, 3.63) is 69.8 Å². The molecule has 0 bridgehead atoms. The predicted octanol–water partition coefficient (Wildman–Crippen LogP) is 3.22. The number of allylic oxidation sites excluding steroid dienone is 2. The van der Waals surface area contributed by atoms with Gasteiger partial charge in [-0.2, -0.15) is 10.1 Å². The van der Waals surface area contributed by atoms with E-state index in [0.717, 1.165) is 5.70 Å². The number of carboxylic acid groups (broad SMARTS) is 1. The van der Waals surface area contributed by atoms with Gasteiger partial charge in [-0.25, -0.2) is 9.48 Å². The summed E-state index contributed by atoms with van der Waals surface area (Å²) in [6, 6.07) is 10.7. The van der Waals surface area contributed by atoms with E-state index in [1.54, 1.807) is 28.2 Å². The molecule has 0 saturated carbocycles. The third-order valence-electron chi connectivity index (χ3n) is 5.37. The van der Waals surface area contributed by atoms with Gasteiger partial charge in [-0.3, -0.25) is 4.79 Å². The first-order chi connectivity index (χ1) is 14.6. The number of nitrogens with zero attached hydrogens (tertiary/aromatic N) is 3. The number of fused-ring (bicyclic) bond motifs is 1. The van der Waals surface area contributed by atoms with Crippen molar-refractivity contribution < 1.29 is 19.4 Å². The highest BCUT2D eigenvalue weighted by Crippen LogP contribution is 2.46. The summed E-state index contributed by atoms with van der Waals surface area (Å²) in [6.45, 7) is -0.466. The molecule has 1 aliphatic carbocycles. The van der Waals surface area contributed by atoms with E-state index in [1.807, 2.05) is 23.6 Å². The Bertz CT molecular complexity index is 1150. The summed E-state index contributed by atoms with van der Waals surface area (Å²) in [7, 11) is 0. The number of aromatic nitrogens is 3. The second-order valence-electron chi connectivity index (χ2n) is 7.21. The van der Waals surface area contributed by atoms with Crippen molar-refractivity contribution in [3.63, 3.8) is 0 Å². The van der Waals surface area contributed by atoms with Crippen LogP contribution in [-0.2, 0) is 9.59 Å². The number of carbonyl (C=O) groups excluding carboxylic acids is 1. The molecule has 0 amide bonds. The van der Waals surface area contributed by atoms with Crippen LogP contribution in [0.25, 0.3) is 0 Å². The fourth-order valence-corrected chi connectivity index (χ4v) is 4.97. The summed E-state index contributed by atoms with van der Waals surface area (Å²) in [6.07, 6.45) is 2.55. The Morgan fingerprint density at radius 1 is 1.27 bits per heavy atom. The summed E-state index contributed by atoms with van der Waals surface area (Å²) in [5, 5.41) is 18.7. The third kappa shape index (κ3) is 3.17. The van der Waals surface area contributed by atoms with Gasteiger partial charge in [0.25, 0.3) is 0 Å². The molecular weight excluding hydrogens is 404 g/mol. The van der Waals surface area contributed by atoms with Crippen molar-refractivity contribution in [2.75, 3.05) is 11.9 Å². The summed E-state index contributed by atoms with van der Waals surface area (Å²) >= 11 is 1.66. The molecule has 0 saturated heterocycles. The standard InChI is InChI=1S/C21H18N4O4S/c26-15-9-12(17-6-3-7-30-17)8-14-19(15)20(25-21(24-14)22-11-23-25)13-4-1-2-5-16(13)29-10-18(27)28/h1-7,11-12,20H,8-10H2,(H,27,28)(H,22,23,24)/t12-,20-/m1/s1. The summed E-state index contributed by atoms with van der Waals surface area (Å²) in [5.74, 6) is 0.0578. The number of ether oxygens (including phenoxy) is 1. The number of nitrogens with one attached hydrogen (secondary N) is 1. The highest BCUT2D eigenvalue weighted by atomic mass is 32.1. The van der Waals surface area contributed by atoms with Crippen LogP contribution in [0.5, 0.6) is 5.75 Å². The number of para-hydroxylation sites is 1. The van der Waals surface area contributed by atoms with Gasteiger partial charge in [-0.05, 0) is 23.9 Å². The summed E-state index contributed by atoms with van der Waals surface area (Å²) < 4.78 is 7.18. The van der Waals surface area contributed by atoms with Crippen LogP contribution in [0, 0.1) is 0 Å². The van der Waals surface area contributed by atoms with Gasteiger partial charge in [0.05, 0.1) is 0 Å². The maximum Gasteiger partial charge on any atom is 0.341 e. The van der Waals surface area contributed by atoms with Crippen molar-refractivity contribution >= 4 is 29.0 Å². The van der Waals surface area contributed by atoms with Gasteiger partial charge < -0.3 is 15.2 Å². The van der Waals surface area contributed by atoms with E-state index in [1.165, 1.54) is 11.2 Å². The quantitative estimate of drug-likeness (QED) is 0.650. The maximum atomic E-state index is 13.3. The lowest BCUT2D eigenvalue weighted by Gasteiger charge is -2.35. The van der Waals surface area contributed by atoms with Gasteiger partial charge >= 0.3 is 5.97 Å². The van der Waals surface area contributed by atoms with E-state index in [2.05, 4.69) is 21.5 Å². The van der Waals surface area contributed by atoms with Crippen molar-refractivity contribution in [3.8, 4) is 5.75 Å². The normalized spacial score (nSPS) is 20.3. The maximum absolute atomic E-state index is 13.3. The fraction of sp³-hybridized carbons (Fsp3) is 0.238. The number of ketones is 1. The van der Waals surface area contributed by atoms with Crippen LogP contribution in [0.1, 0.15) is 35.2 Å². The SMILES string of the molecule is O=C(O)COc1ccccc1[C@@H]1C2=C(C[C@@H](c3cccs3)CC2=O)Nc2ncnn21. The van der Waals surface area contributed by atoms with Crippen LogP contribution >= 0.6 is 11.3 Å². The molecule has 2 N–H and O–H groups in total. The molecule has 2 atom stereocenters. The molecular formula is C21H18N4O4S. The molecule has 152 valence electrons. The lowest BCUT2D eigenvalue weighted by Crippen LogP contribution is -2.33. The average Bonchev–Trinajstić information content (AvgIpc) is 3.42. The molecule has 1 aliphatic heterocycles.